The lowest BCUT2D eigenvalue weighted by Gasteiger charge is -2.44. The third-order valence-corrected chi connectivity index (χ3v) is 9.19. The van der Waals surface area contributed by atoms with E-state index in [0.29, 0.717) is 17.3 Å². The van der Waals surface area contributed by atoms with Crippen molar-refractivity contribution in [2.24, 2.45) is 5.41 Å². The molecule has 2 unspecified atom stereocenters. The first-order valence-corrected chi connectivity index (χ1v) is 13.8. The molecule has 3 aliphatic rings. The van der Waals surface area contributed by atoms with Gasteiger partial charge in [-0.25, -0.2) is 0 Å². The number of fused-ring (bicyclic) bond motifs is 1. The van der Waals surface area contributed by atoms with Gasteiger partial charge in [0.25, 0.3) is 0 Å². The number of piperidine rings is 1. The summed E-state index contributed by atoms with van der Waals surface area (Å²) in [5.74, 6) is 0.988. The fraction of sp³-hybridized carbons (Fsp3) is 0.455. The standard InChI is InChI=1S/C33H39N/c1-2-9-22-33(21-8-1)23-10-24-34(25-33)29-18-15-28(16-19-29)32-30-14-7-6-13-27(30)17-20-31(32)26-11-4-3-5-12-26/h3-7,11-16,18-19,31-32H,1-2,8-10,17,20-25H2. The van der Waals surface area contributed by atoms with Crippen molar-refractivity contribution >= 4 is 5.69 Å². The van der Waals surface area contributed by atoms with Crippen LogP contribution in [0.15, 0.2) is 78.9 Å². The fourth-order valence-electron chi connectivity index (χ4n) is 7.44. The molecule has 3 aromatic carbocycles. The molecular formula is C33H39N. The van der Waals surface area contributed by atoms with Gasteiger partial charge in [0, 0.05) is 24.7 Å². The van der Waals surface area contributed by atoms with Gasteiger partial charge in [-0.2, -0.15) is 0 Å². The Morgan fingerprint density at radius 2 is 1.35 bits per heavy atom. The smallest absolute Gasteiger partial charge is 0.0366 e. The predicted octanol–water partition coefficient (Wildman–Crippen LogP) is 8.49. The molecule has 3 aromatic rings. The van der Waals surface area contributed by atoms with Gasteiger partial charge in [0.2, 0.25) is 0 Å². The summed E-state index contributed by atoms with van der Waals surface area (Å²) in [4.78, 5) is 2.71. The summed E-state index contributed by atoms with van der Waals surface area (Å²) in [6.07, 6.45) is 13.9. The van der Waals surface area contributed by atoms with E-state index in [0.717, 1.165) is 0 Å². The zero-order valence-corrected chi connectivity index (χ0v) is 20.6. The SMILES string of the molecule is c1ccc(C2CCc3ccccc3C2c2ccc(N3CCCC4(CCCCCC4)C3)cc2)cc1. The summed E-state index contributed by atoms with van der Waals surface area (Å²) >= 11 is 0. The molecule has 1 saturated heterocycles. The van der Waals surface area contributed by atoms with Crippen LogP contribution in [0.25, 0.3) is 0 Å². The third kappa shape index (κ3) is 4.30. The van der Waals surface area contributed by atoms with Gasteiger partial charge in [0.05, 0.1) is 0 Å². The van der Waals surface area contributed by atoms with Crippen LogP contribution >= 0.6 is 0 Å². The highest BCUT2D eigenvalue weighted by atomic mass is 15.1. The van der Waals surface area contributed by atoms with E-state index in [1.807, 2.05) is 0 Å². The van der Waals surface area contributed by atoms with Crippen molar-refractivity contribution in [2.45, 2.75) is 76.0 Å². The zero-order valence-electron chi connectivity index (χ0n) is 20.6. The molecule has 0 N–H and O–H groups in total. The van der Waals surface area contributed by atoms with E-state index in [1.165, 1.54) is 105 Å². The average Bonchev–Trinajstić information content (AvgIpc) is 3.13. The van der Waals surface area contributed by atoms with Crippen LogP contribution in [0, 0.1) is 5.41 Å². The number of nitrogens with zero attached hydrogens (tertiary/aromatic N) is 1. The Morgan fingerprint density at radius 1 is 0.647 bits per heavy atom. The summed E-state index contributed by atoms with van der Waals surface area (Å²) < 4.78 is 0. The first-order chi connectivity index (χ1) is 16.8. The normalized spacial score (nSPS) is 24.4. The van der Waals surface area contributed by atoms with Gasteiger partial charge in [-0.05, 0) is 84.2 Å². The Hall–Kier alpha value is -2.54. The van der Waals surface area contributed by atoms with Gasteiger partial charge in [0.1, 0.15) is 0 Å². The molecule has 1 heterocycles. The minimum absolute atomic E-state index is 0.441. The van der Waals surface area contributed by atoms with Crippen LogP contribution in [-0.4, -0.2) is 13.1 Å². The van der Waals surface area contributed by atoms with Crippen molar-refractivity contribution in [3.05, 3.63) is 101 Å². The zero-order chi connectivity index (χ0) is 22.8. The minimum atomic E-state index is 0.441. The van der Waals surface area contributed by atoms with E-state index >= 15 is 0 Å². The molecular weight excluding hydrogens is 410 g/mol. The predicted molar refractivity (Wildman–Crippen MR) is 144 cm³/mol. The first-order valence-electron chi connectivity index (χ1n) is 13.8. The second-order valence-electron chi connectivity index (χ2n) is 11.3. The molecule has 176 valence electrons. The maximum Gasteiger partial charge on any atom is 0.0366 e. The van der Waals surface area contributed by atoms with Gasteiger partial charge in [0.15, 0.2) is 0 Å². The Bertz CT molecular complexity index is 1080. The number of anilines is 1. The van der Waals surface area contributed by atoms with Crippen LogP contribution < -0.4 is 4.90 Å². The van der Waals surface area contributed by atoms with Gasteiger partial charge in [-0.3, -0.25) is 0 Å². The number of aryl methyl sites for hydroxylation is 1. The molecule has 2 fully saturated rings. The lowest BCUT2D eigenvalue weighted by Crippen LogP contribution is -2.43. The van der Waals surface area contributed by atoms with E-state index in [-0.39, 0.29) is 0 Å². The van der Waals surface area contributed by atoms with Crippen LogP contribution in [0.2, 0.25) is 0 Å². The molecule has 0 bridgehead atoms. The Labute approximate surface area is 206 Å². The summed E-state index contributed by atoms with van der Waals surface area (Å²) in [6, 6.07) is 30.2. The second-order valence-corrected chi connectivity index (χ2v) is 11.3. The monoisotopic (exact) mass is 449 g/mol. The highest BCUT2D eigenvalue weighted by Gasteiger charge is 2.36. The molecule has 34 heavy (non-hydrogen) atoms. The molecule has 2 aliphatic carbocycles. The van der Waals surface area contributed by atoms with Crippen molar-refractivity contribution in [2.75, 3.05) is 18.0 Å². The highest BCUT2D eigenvalue weighted by Crippen LogP contribution is 2.47. The summed E-state index contributed by atoms with van der Waals surface area (Å²) in [5.41, 5.74) is 8.05. The average molecular weight is 450 g/mol. The van der Waals surface area contributed by atoms with Gasteiger partial charge in [-0.1, -0.05) is 92.4 Å². The third-order valence-electron chi connectivity index (χ3n) is 9.19. The molecule has 1 nitrogen and oxygen atoms in total. The molecule has 6 rings (SSSR count). The minimum Gasteiger partial charge on any atom is -0.371 e. The van der Waals surface area contributed by atoms with Crippen LogP contribution in [0.3, 0.4) is 0 Å². The van der Waals surface area contributed by atoms with Gasteiger partial charge >= 0.3 is 0 Å². The fourth-order valence-corrected chi connectivity index (χ4v) is 7.44. The lowest BCUT2D eigenvalue weighted by molar-refractivity contribution is 0.198. The second kappa shape index (κ2) is 9.61. The van der Waals surface area contributed by atoms with E-state index in [2.05, 4.69) is 83.8 Å². The topological polar surface area (TPSA) is 3.24 Å². The lowest BCUT2D eigenvalue weighted by atomic mass is 9.69. The summed E-state index contributed by atoms with van der Waals surface area (Å²) in [5, 5.41) is 0. The molecule has 1 spiro atoms. The van der Waals surface area contributed by atoms with Crippen LogP contribution in [0.1, 0.15) is 91.9 Å². The number of hydrogen-bond acceptors (Lipinski definition) is 1. The van der Waals surface area contributed by atoms with Crippen molar-refractivity contribution in [3.63, 3.8) is 0 Å². The van der Waals surface area contributed by atoms with Gasteiger partial charge in [-0.15, -0.1) is 0 Å². The Morgan fingerprint density at radius 3 is 2.15 bits per heavy atom. The van der Waals surface area contributed by atoms with Crippen molar-refractivity contribution in [1.29, 1.82) is 0 Å². The Balaban J connectivity index is 1.29. The number of rotatable bonds is 3. The van der Waals surface area contributed by atoms with Crippen molar-refractivity contribution < 1.29 is 0 Å². The highest BCUT2D eigenvalue weighted by molar-refractivity contribution is 5.52. The number of hydrogen-bond donors (Lipinski definition) is 0. The van der Waals surface area contributed by atoms with Crippen molar-refractivity contribution in [1.82, 2.24) is 0 Å². The first kappa shape index (κ1) is 22.0. The molecule has 1 heteroatoms. The largest absolute Gasteiger partial charge is 0.371 e. The molecule has 0 amide bonds. The molecule has 0 aromatic heterocycles. The maximum absolute atomic E-state index is 2.71. The van der Waals surface area contributed by atoms with Crippen molar-refractivity contribution in [3.8, 4) is 0 Å². The van der Waals surface area contributed by atoms with Crippen LogP contribution in [0.5, 0.6) is 0 Å². The molecule has 1 aliphatic heterocycles. The summed E-state index contributed by atoms with van der Waals surface area (Å²) in [6.45, 7) is 2.49. The number of benzene rings is 3. The van der Waals surface area contributed by atoms with E-state index in [4.69, 9.17) is 0 Å². The molecule has 1 saturated carbocycles. The van der Waals surface area contributed by atoms with E-state index < -0.39 is 0 Å². The quantitative estimate of drug-likeness (QED) is 0.387. The summed E-state index contributed by atoms with van der Waals surface area (Å²) in [7, 11) is 0. The van der Waals surface area contributed by atoms with Crippen LogP contribution in [-0.2, 0) is 6.42 Å². The maximum atomic E-state index is 2.71. The molecule has 2 atom stereocenters. The molecule has 0 radical (unpaired) electrons. The van der Waals surface area contributed by atoms with E-state index in [9.17, 15) is 0 Å². The van der Waals surface area contributed by atoms with Crippen LogP contribution in [0.4, 0.5) is 5.69 Å². The van der Waals surface area contributed by atoms with E-state index in [1.54, 1.807) is 0 Å². The van der Waals surface area contributed by atoms with Gasteiger partial charge < -0.3 is 4.90 Å². The Kier molecular flexibility index (Phi) is 6.20.